The van der Waals surface area contributed by atoms with Crippen LogP contribution in [0.4, 0.5) is 0 Å². The van der Waals surface area contributed by atoms with Gasteiger partial charge in [-0.1, -0.05) is 0 Å². The van der Waals surface area contributed by atoms with Crippen LogP contribution in [0.5, 0.6) is 0 Å². The summed E-state index contributed by atoms with van der Waals surface area (Å²) in [5.74, 6) is 0.556. The molecule has 6 nitrogen and oxygen atoms in total. The summed E-state index contributed by atoms with van der Waals surface area (Å²) in [6.07, 6.45) is 0.566. The van der Waals surface area contributed by atoms with Crippen LogP contribution < -0.4 is 10.0 Å². The van der Waals surface area contributed by atoms with Crippen molar-refractivity contribution >= 4 is 37.3 Å². The third-order valence-corrected chi connectivity index (χ3v) is 5.99. The van der Waals surface area contributed by atoms with Crippen LogP contribution in [-0.4, -0.2) is 27.0 Å². The lowest BCUT2D eigenvalue weighted by molar-refractivity contribution is 0.470. The lowest BCUT2D eigenvalue weighted by Crippen LogP contribution is -2.25. The van der Waals surface area contributed by atoms with Crippen LogP contribution in [0.1, 0.15) is 16.5 Å². The molecule has 0 aliphatic carbocycles. The summed E-state index contributed by atoms with van der Waals surface area (Å²) in [6, 6.07) is 1.51. The molecule has 2 heterocycles. The van der Waals surface area contributed by atoms with Gasteiger partial charge < -0.3 is 9.73 Å². The zero-order valence-corrected chi connectivity index (χ0v) is 14.9. The van der Waals surface area contributed by atoms with Crippen molar-refractivity contribution in [2.75, 3.05) is 13.6 Å². The van der Waals surface area contributed by atoms with Crippen LogP contribution in [0.2, 0.25) is 0 Å². The highest BCUT2D eigenvalue weighted by atomic mass is 79.9. The summed E-state index contributed by atoms with van der Waals surface area (Å²) in [7, 11) is -1.83. The van der Waals surface area contributed by atoms with Gasteiger partial charge in [-0.25, -0.2) is 18.1 Å². The molecule has 0 aliphatic rings. The number of sulfonamides is 1. The number of thiazole rings is 1. The number of rotatable bonds is 7. The average Bonchev–Trinajstić information content (AvgIpc) is 2.96. The summed E-state index contributed by atoms with van der Waals surface area (Å²) < 4.78 is 32.6. The van der Waals surface area contributed by atoms with Gasteiger partial charge in [-0.05, 0) is 29.9 Å². The third-order valence-electron chi connectivity index (χ3n) is 2.64. The van der Waals surface area contributed by atoms with E-state index in [0.29, 0.717) is 25.3 Å². The second kappa shape index (κ2) is 7.01. The molecule has 2 N–H and O–H groups in total. The second-order valence-corrected chi connectivity index (χ2v) is 7.81. The summed E-state index contributed by atoms with van der Waals surface area (Å²) in [5.41, 5.74) is 0.951. The average molecular weight is 394 g/mol. The lowest BCUT2D eigenvalue weighted by atomic mass is 10.4. The Bertz CT molecular complexity index is 709. The first-order valence-corrected chi connectivity index (χ1v) is 9.41. The summed E-state index contributed by atoms with van der Waals surface area (Å²) >= 11 is 4.67. The van der Waals surface area contributed by atoms with Gasteiger partial charge in [0.25, 0.3) is 0 Å². The van der Waals surface area contributed by atoms with Crippen LogP contribution in [0, 0.1) is 6.92 Å². The Morgan fingerprint density at radius 1 is 1.48 bits per heavy atom. The quantitative estimate of drug-likeness (QED) is 0.751. The minimum atomic E-state index is -3.59. The molecular weight excluding hydrogens is 378 g/mol. The number of hydrogen-bond donors (Lipinski definition) is 2. The molecule has 0 bridgehead atoms. The Labute approximate surface area is 136 Å². The summed E-state index contributed by atoms with van der Waals surface area (Å²) in [5, 5.41) is 5.77. The van der Waals surface area contributed by atoms with Gasteiger partial charge in [0, 0.05) is 30.1 Å². The van der Waals surface area contributed by atoms with Crippen molar-refractivity contribution in [2.24, 2.45) is 0 Å². The molecule has 0 atom stereocenters. The maximum atomic E-state index is 12.2. The van der Waals surface area contributed by atoms with Gasteiger partial charge >= 0.3 is 0 Å². The Morgan fingerprint density at radius 2 is 2.24 bits per heavy atom. The van der Waals surface area contributed by atoms with Crippen molar-refractivity contribution < 1.29 is 12.8 Å². The number of halogens is 1. The lowest BCUT2D eigenvalue weighted by Gasteiger charge is -2.03. The Hall–Kier alpha value is -0.740. The van der Waals surface area contributed by atoms with Crippen LogP contribution >= 0.6 is 27.3 Å². The zero-order chi connectivity index (χ0) is 15.5. The van der Waals surface area contributed by atoms with Crippen LogP contribution in [0.25, 0.3) is 0 Å². The summed E-state index contributed by atoms with van der Waals surface area (Å²) in [4.78, 5) is 4.41. The SMILES string of the molecule is CNCc1cc(S(=O)(=O)NCCc2nc(C)cs2)c(Br)o1. The maximum Gasteiger partial charge on any atom is 0.244 e. The number of aromatic nitrogens is 1. The smallest absolute Gasteiger partial charge is 0.244 e. The van der Waals surface area contributed by atoms with E-state index in [2.05, 4.69) is 31.0 Å². The maximum absolute atomic E-state index is 12.2. The van der Waals surface area contributed by atoms with E-state index >= 15 is 0 Å². The molecule has 0 saturated carbocycles. The van der Waals surface area contributed by atoms with Crippen LogP contribution in [0.15, 0.2) is 25.4 Å². The van der Waals surface area contributed by atoms with Gasteiger partial charge in [0.1, 0.15) is 10.7 Å². The summed E-state index contributed by atoms with van der Waals surface area (Å²) in [6.45, 7) is 2.68. The molecule has 2 rings (SSSR count). The van der Waals surface area contributed by atoms with Crippen LogP contribution in [0.3, 0.4) is 0 Å². The molecule has 0 saturated heterocycles. The van der Waals surface area contributed by atoms with Crippen LogP contribution in [-0.2, 0) is 23.0 Å². The normalized spacial score (nSPS) is 12.0. The molecule has 0 aliphatic heterocycles. The fourth-order valence-corrected chi connectivity index (χ4v) is 4.53. The van der Waals surface area contributed by atoms with E-state index in [1.807, 2.05) is 12.3 Å². The first kappa shape index (κ1) is 16.6. The Balaban J connectivity index is 2.01. The molecule has 116 valence electrons. The highest BCUT2D eigenvalue weighted by Gasteiger charge is 2.22. The number of hydrogen-bond acceptors (Lipinski definition) is 6. The molecule has 0 unspecified atom stereocenters. The van der Waals surface area contributed by atoms with E-state index in [1.165, 1.54) is 17.4 Å². The number of aryl methyl sites for hydroxylation is 1. The predicted octanol–water partition coefficient (Wildman–Crippen LogP) is 2.05. The van der Waals surface area contributed by atoms with Crippen molar-refractivity contribution in [2.45, 2.75) is 24.8 Å². The number of furan rings is 1. The van der Waals surface area contributed by atoms with Crippen molar-refractivity contribution in [1.82, 2.24) is 15.0 Å². The van der Waals surface area contributed by atoms with E-state index in [1.54, 1.807) is 7.05 Å². The van der Waals surface area contributed by atoms with Gasteiger partial charge in [0.2, 0.25) is 10.0 Å². The highest BCUT2D eigenvalue weighted by Crippen LogP contribution is 2.26. The number of nitrogens with zero attached hydrogens (tertiary/aromatic N) is 1. The van der Waals surface area contributed by atoms with Crippen molar-refractivity contribution in [3.63, 3.8) is 0 Å². The molecule has 2 aromatic heterocycles. The molecule has 9 heteroatoms. The van der Waals surface area contributed by atoms with Gasteiger partial charge in [0.05, 0.1) is 11.6 Å². The number of nitrogens with one attached hydrogen (secondary N) is 2. The zero-order valence-electron chi connectivity index (χ0n) is 11.6. The molecule has 21 heavy (non-hydrogen) atoms. The van der Waals surface area contributed by atoms with Gasteiger partial charge in [-0.2, -0.15) is 0 Å². The van der Waals surface area contributed by atoms with E-state index in [4.69, 9.17) is 4.42 Å². The van der Waals surface area contributed by atoms with Gasteiger partial charge in [-0.15, -0.1) is 11.3 Å². The van der Waals surface area contributed by atoms with Gasteiger partial charge in [0.15, 0.2) is 4.67 Å². The minimum absolute atomic E-state index is 0.114. The first-order chi connectivity index (χ1) is 9.92. The molecule has 0 spiro atoms. The van der Waals surface area contributed by atoms with E-state index in [-0.39, 0.29) is 9.56 Å². The highest BCUT2D eigenvalue weighted by molar-refractivity contribution is 9.10. The molecule has 2 aromatic rings. The van der Waals surface area contributed by atoms with E-state index in [0.717, 1.165) is 10.7 Å². The third kappa shape index (κ3) is 4.36. The topological polar surface area (TPSA) is 84.2 Å². The standard InChI is InChI=1S/C12H16BrN3O3S2/c1-8-7-20-11(16-8)3-4-15-21(17,18)10-5-9(6-14-2)19-12(10)13/h5,7,14-15H,3-4,6H2,1-2H3. The predicted molar refractivity (Wildman–Crippen MR) is 84.9 cm³/mol. The Kier molecular flexibility index (Phi) is 5.55. The van der Waals surface area contributed by atoms with E-state index < -0.39 is 10.0 Å². The molecule has 0 fully saturated rings. The first-order valence-electron chi connectivity index (χ1n) is 6.26. The molecule has 0 amide bonds. The fraction of sp³-hybridized carbons (Fsp3) is 0.417. The van der Waals surface area contributed by atoms with Crippen molar-refractivity contribution in [1.29, 1.82) is 0 Å². The molecular formula is C12H16BrN3O3S2. The van der Waals surface area contributed by atoms with E-state index in [9.17, 15) is 8.42 Å². The second-order valence-electron chi connectivity index (χ2n) is 4.41. The van der Waals surface area contributed by atoms with Crippen molar-refractivity contribution in [3.8, 4) is 0 Å². The van der Waals surface area contributed by atoms with Gasteiger partial charge in [-0.3, -0.25) is 0 Å². The Morgan fingerprint density at radius 3 is 2.86 bits per heavy atom. The fourth-order valence-electron chi connectivity index (χ4n) is 1.73. The molecule has 0 aromatic carbocycles. The monoisotopic (exact) mass is 393 g/mol. The molecule has 0 radical (unpaired) electrons. The largest absolute Gasteiger partial charge is 0.452 e. The van der Waals surface area contributed by atoms with Crippen molar-refractivity contribution in [3.05, 3.63) is 32.6 Å². The minimum Gasteiger partial charge on any atom is -0.452 e.